The Kier molecular flexibility index (Phi) is 3.97. The summed E-state index contributed by atoms with van der Waals surface area (Å²) in [5, 5.41) is 16.8. The largest absolute Gasteiger partial charge is 0.349 e. The predicted molar refractivity (Wildman–Crippen MR) is 42.4 cm³/mol. The average molecular weight is 159 g/mol. The number of hydrogen-bond acceptors (Lipinski definition) is 3. The Morgan fingerprint density at radius 1 is 1.36 bits per heavy atom. The van der Waals surface area contributed by atoms with Gasteiger partial charge in [0.25, 0.3) is 0 Å². The van der Waals surface area contributed by atoms with Gasteiger partial charge in [-0.3, -0.25) is 21.0 Å². The molecule has 0 rings (SSSR count). The van der Waals surface area contributed by atoms with Crippen LogP contribution in [0, 0.1) is 10.8 Å². The zero-order chi connectivity index (χ0) is 8.85. The van der Waals surface area contributed by atoms with Crippen LogP contribution < -0.4 is 10.8 Å². The fraction of sp³-hybridized carbons (Fsp3) is 0.600. The van der Waals surface area contributed by atoms with Gasteiger partial charge in [0.15, 0.2) is 5.96 Å². The molecule has 0 atom stereocenters. The summed E-state index contributed by atoms with van der Waals surface area (Å²) in [4.78, 5) is 5.97. The zero-order valence-corrected chi connectivity index (χ0v) is 6.86. The molecule has 4 N–H and O–H groups in total. The van der Waals surface area contributed by atoms with Gasteiger partial charge < -0.3 is 4.90 Å². The third-order valence-corrected chi connectivity index (χ3v) is 0.895. The van der Waals surface area contributed by atoms with E-state index in [1.807, 2.05) is 0 Å². The quantitative estimate of drug-likeness (QED) is 0.228. The minimum atomic E-state index is -0.0637. The summed E-state index contributed by atoms with van der Waals surface area (Å²) in [5.41, 5.74) is 2.24. The molecule has 0 bridgehead atoms. The van der Waals surface area contributed by atoms with Crippen LogP contribution in [0.3, 0.4) is 0 Å². The second-order valence-corrected chi connectivity index (χ2v) is 2.05. The molecule has 0 aromatic carbocycles. The van der Waals surface area contributed by atoms with E-state index >= 15 is 0 Å². The number of hydrogen-bond donors (Lipinski definition) is 4. The van der Waals surface area contributed by atoms with Crippen molar-refractivity contribution < 1.29 is 4.84 Å². The Morgan fingerprint density at radius 2 is 1.91 bits per heavy atom. The fourth-order valence-electron chi connectivity index (χ4n) is 0.358. The highest BCUT2D eigenvalue weighted by Crippen LogP contribution is 1.72. The highest BCUT2D eigenvalue weighted by atomic mass is 16.6. The minimum Gasteiger partial charge on any atom is -0.349 e. The second-order valence-electron chi connectivity index (χ2n) is 2.05. The van der Waals surface area contributed by atoms with Crippen LogP contribution in [0.1, 0.15) is 0 Å². The van der Waals surface area contributed by atoms with Gasteiger partial charge in [-0.2, -0.15) is 0 Å². The molecule has 0 spiro atoms. The van der Waals surface area contributed by atoms with Crippen LogP contribution >= 0.6 is 0 Å². The van der Waals surface area contributed by atoms with E-state index < -0.39 is 0 Å². The molecule has 0 aliphatic rings. The topological polar surface area (TPSA) is 84.2 Å². The van der Waals surface area contributed by atoms with Crippen molar-refractivity contribution in [2.45, 2.75) is 0 Å². The Bertz CT molecular complexity index is 155. The summed E-state index contributed by atoms with van der Waals surface area (Å²) >= 11 is 0. The number of rotatable bonds is 1. The molecule has 6 nitrogen and oxygen atoms in total. The zero-order valence-electron chi connectivity index (χ0n) is 6.86. The van der Waals surface area contributed by atoms with Crippen molar-refractivity contribution in [2.75, 3.05) is 21.2 Å². The van der Waals surface area contributed by atoms with Crippen LogP contribution in [-0.2, 0) is 4.84 Å². The van der Waals surface area contributed by atoms with Crippen molar-refractivity contribution in [1.82, 2.24) is 15.7 Å². The van der Waals surface area contributed by atoms with Gasteiger partial charge >= 0.3 is 0 Å². The molecule has 0 aromatic heterocycles. The van der Waals surface area contributed by atoms with Gasteiger partial charge in [-0.25, -0.2) is 5.48 Å². The van der Waals surface area contributed by atoms with Gasteiger partial charge in [0.2, 0.25) is 5.96 Å². The molecule has 0 unspecified atom stereocenters. The van der Waals surface area contributed by atoms with E-state index in [9.17, 15) is 0 Å². The predicted octanol–water partition coefficient (Wildman–Crippen LogP) is -0.842. The molecule has 0 aliphatic carbocycles. The van der Waals surface area contributed by atoms with Gasteiger partial charge in [-0.15, -0.1) is 0 Å². The molecule has 0 saturated heterocycles. The SMILES string of the molecule is CONC(=N)NC(=N)N(C)C. The van der Waals surface area contributed by atoms with E-state index in [0.29, 0.717) is 0 Å². The molecule has 64 valence electrons. The monoisotopic (exact) mass is 159 g/mol. The van der Waals surface area contributed by atoms with E-state index in [-0.39, 0.29) is 11.9 Å². The average Bonchev–Trinajstić information content (AvgIpc) is 1.87. The first-order chi connectivity index (χ1) is 5.07. The molecule has 11 heavy (non-hydrogen) atoms. The molecule has 0 aliphatic heterocycles. The number of nitrogens with one attached hydrogen (secondary N) is 4. The first-order valence-electron chi connectivity index (χ1n) is 2.98. The third kappa shape index (κ3) is 4.15. The molecule has 0 aromatic rings. The van der Waals surface area contributed by atoms with Crippen LogP contribution in [0.4, 0.5) is 0 Å². The summed E-state index contributed by atoms with van der Waals surface area (Å²) < 4.78 is 0. The van der Waals surface area contributed by atoms with Crippen molar-refractivity contribution in [1.29, 1.82) is 10.8 Å². The van der Waals surface area contributed by atoms with Crippen molar-refractivity contribution in [3.63, 3.8) is 0 Å². The molecule has 0 amide bonds. The van der Waals surface area contributed by atoms with Gasteiger partial charge in [0.05, 0.1) is 7.11 Å². The Hall–Kier alpha value is -1.30. The lowest BCUT2D eigenvalue weighted by Crippen LogP contribution is -2.44. The lowest BCUT2D eigenvalue weighted by Gasteiger charge is -2.15. The Morgan fingerprint density at radius 3 is 2.27 bits per heavy atom. The number of nitrogens with zero attached hydrogens (tertiary/aromatic N) is 1. The second kappa shape index (κ2) is 4.51. The Balaban J connectivity index is 3.67. The summed E-state index contributed by atoms with van der Waals surface area (Å²) in [7, 11) is 4.81. The maximum absolute atomic E-state index is 7.23. The van der Waals surface area contributed by atoms with Crippen molar-refractivity contribution in [3.05, 3.63) is 0 Å². The highest BCUT2D eigenvalue weighted by Gasteiger charge is 1.99. The normalized spacial score (nSPS) is 8.64. The van der Waals surface area contributed by atoms with Crippen LogP contribution in [0.15, 0.2) is 0 Å². The van der Waals surface area contributed by atoms with Crippen LogP contribution in [0.2, 0.25) is 0 Å². The van der Waals surface area contributed by atoms with Gasteiger partial charge in [-0.05, 0) is 0 Å². The maximum Gasteiger partial charge on any atom is 0.219 e. The number of hydroxylamine groups is 1. The fourth-order valence-corrected chi connectivity index (χ4v) is 0.358. The maximum atomic E-state index is 7.23. The van der Waals surface area contributed by atoms with Gasteiger partial charge in [0.1, 0.15) is 0 Å². The van der Waals surface area contributed by atoms with Crippen LogP contribution in [0.25, 0.3) is 0 Å². The van der Waals surface area contributed by atoms with E-state index in [1.165, 1.54) is 12.0 Å². The molecule has 0 radical (unpaired) electrons. The number of guanidine groups is 2. The lowest BCUT2D eigenvalue weighted by molar-refractivity contribution is 0.141. The van der Waals surface area contributed by atoms with Crippen LogP contribution in [0.5, 0.6) is 0 Å². The van der Waals surface area contributed by atoms with E-state index in [4.69, 9.17) is 10.8 Å². The van der Waals surface area contributed by atoms with Crippen molar-refractivity contribution in [3.8, 4) is 0 Å². The van der Waals surface area contributed by atoms with Gasteiger partial charge in [0, 0.05) is 14.1 Å². The molecular weight excluding hydrogens is 146 g/mol. The molecule has 0 fully saturated rings. The summed E-state index contributed by atoms with van der Waals surface area (Å²) in [5.74, 6) is 0.0609. The molecule has 6 heteroatoms. The minimum absolute atomic E-state index is 0.0637. The Labute approximate surface area is 65.5 Å². The van der Waals surface area contributed by atoms with Crippen molar-refractivity contribution >= 4 is 11.9 Å². The molecular formula is C5H13N5O. The van der Waals surface area contributed by atoms with Gasteiger partial charge in [-0.1, -0.05) is 0 Å². The molecule has 0 heterocycles. The van der Waals surface area contributed by atoms with E-state index in [1.54, 1.807) is 14.1 Å². The standard InChI is InChI=1S/C5H13N5O/c1-10(2)5(7)8-4(6)9-11-3/h1-3H3,(H4,6,7,8,9). The highest BCUT2D eigenvalue weighted by molar-refractivity contribution is 5.94. The van der Waals surface area contributed by atoms with E-state index in [0.717, 1.165) is 0 Å². The summed E-state index contributed by atoms with van der Waals surface area (Å²) in [6.07, 6.45) is 0. The smallest absolute Gasteiger partial charge is 0.219 e. The van der Waals surface area contributed by atoms with Crippen molar-refractivity contribution in [2.24, 2.45) is 0 Å². The molecule has 0 saturated carbocycles. The third-order valence-electron chi connectivity index (χ3n) is 0.895. The van der Waals surface area contributed by atoms with E-state index in [2.05, 4.69) is 15.6 Å². The summed E-state index contributed by atoms with van der Waals surface area (Å²) in [6.45, 7) is 0. The summed E-state index contributed by atoms with van der Waals surface area (Å²) in [6, 6.07) is 0. The first kappa shape index (κ1) is 9.70. The first-order valence-corrected chi connectivity index (χ1v) is 2.98. The lowest BCUT2D eigenvalue weighted by atomic mass is 10.8. The van der Waals surface area contributed by atoms with Crippen LogP contribution in [-0.4, -0.2) is 38.0 Å².